The van der Waals surface area contributed by atoms with Crippen LogP contribution in [0.4, 0.5) is 0 Å². The highest BCUT2D eigenvalue weighted by Crippen LogP contribution is 2.37. The minimum Gasteiger partial charge on any atom is -0.486 e. The molecule has 0 saturated heterocycles. The molecule has 0 radical (unpaired) electrons. The van der Waals surface area contributed by atoms with Gasteiger partial charge < -0.3 is 15.2 Å². The van der Waals surface area contributed by atoms with E-state index in [2.05, 4.69) is 32.9 Å². The maximum Gasteiger partial charge on any atom is 0.161 e. The van der Waals surface area contributed by atoms with E-state index >= 15 is 0 Å². The molecule has 0 spiro atoms. The summed E-state index contributed by atoms with van der Waals surface area (Å²) in [4.78, 5) is 0. The lowest BCUT2D eigenvalue weighted by Crippen LogP contribution is -2.25. The van der Waals surface area contributed by atoms with Gasteiger partial charge in [-0.2, -0.15) is 0 Å². The minimum absolute atomic E-state index is 0.106. The summed E-state index contributed by atoms with van der Waals surface area (Å²) in [6.07, 6.45) is 1.07. The Labute approximate surface area is 109 Å². The maximum atomic E-state index is 5.72. The van der Waals surface area contributed by atoms with Crippen molar-refractivity contribution >= 4 is 0 Å². The van der Waals surface area contributed by atoms with Gasteiger partial charge in [0, 0.05) is 0 Å². The van der Waals surface area contributed by atoms with Crippen molar-refractivity contribution in [3.63, 3.8) is 0 Å². The fourth-order valence-corrected chi connectivity index (χ4v) is 2.54. The highest BCUT2D eigenvalue weighted by molar-refractivity contribution is 5.45. The highest BCUT2D eigenvalue weighted by Gasteiger charge is 2.25. The molecule has 1 aromatic carbocycles. The molecule has 1 aromatic rings. The van der Waals surface area contributed by atoms with Gasteiger partial charge in [0.05, 0.1) is 0 Å². The Bertz CT molecular complexity index is 415. The molecule has 0 fully saturated rings. The zero-order valence-corrected chi connectivity index (χ0v) is 11.5. The van der Waals surface area contributed by atoms with Crippen molar-refractivity contribution in [3.8, 4) is 11.5 Å². The molecule has 0 aliphatic carbocycles. The van der Waals surface area contributed by atoms with Gasteiger partial charge in [-0.25, -0.2) is 0 Å². The SMILES string of the molecule is CC(CN)CC(C)(C)c1ccc2c(c1)OCCO2. The molecule has 0 bridgehead atoms. The predicted octanol–water partition coefficient (Wildman–Crippen LogP) is 2.72. The van der Waals surface area contributed by atoms with E-state index in [0.717, 1.165) is 24.5 Å². The summed E-state index contributed by atoms with van der Waals surface area (Å²) >= 11 is 0. The first-order valence-electron chi connectivity index (χ1n) is 6.63. The Balaban J connectivity index is 2.22. The van der Waals surface area contributed by atoms with Crippen molar-refractivity contribution in [2.24, 2.45) is 11.7 Å². The van der Waals surface area contributed by atoms with E-state index in [-0.39, 0.29) is 5.41 Å². The van der Waals surface area contributed by atoms with Gasteiger partial charge in [-0.05, 0) is 42.0 Å². The normalized spacial score (nSPS) is 16.4. The summed E-state index contributed by atoms with van der Waals surface area (Å²) in [5, 5.41) is 0. The Kier molecular flexibility index (Phi) is 3.81. The third kappa shape index (κ3) is 2.78. The van der Waals surface area contributed by atoms with Crippen molar-refractivity contribution in [1.82, 2.24) is 0 Å². The summed E-state index contributed by atoms with van der Waals surface area (Å²) in [5.74, 6) is 2.24. The smallest absolute Gasteiger partial charge is 0.161 e. The molecular weight excluding hydrogens is 226 g/mol. The summed E-state index contributed by atoms with van der Waals surface area (Å²) < 4.78 is 11.2. The molecule has 1 unspecified atom stereocenters. The average molecular weight is 249 g/mol. The highest BCUT2D eigenvalue weighted by atomic mass is 16.6. The molecule has 1 aliphatic heterocycles. The fourth-order valence-electron chi connectivity index (χ4n) is 2.54. The van der Waals surface area contributed by atoms with Crippen LogP contribution in [-0.2, 0) is 5.41 Å². The van der Waals surface area contributed by atoms with Gasteiger partial charge >= 0.3 is 0 Å². The van der Waals surface area contributed by atoms with E-state index in [4.69, 9.17) is 15.2 Å². The molecule has 1 heterocycles. The van der Waals surface area contributed by atoms with Crippen LogP contribution in [0.5, 0.6) is 11.5 Å². The number of hydrogen-bond acceptors (Lipinski definition) is 3. The van der Waals surface area contributed by atoms with Crippen LogP contribution in [0, 0.1) is 5.92 Å². The molecule has 1 aliphatic rings. The van der Waals surface area contributed by atoms with Gasteiger partial charge in [0.2, 0.25) is 0 Å². The van der Waals surface area contributed by atoms with E-state index in [9.17, 15) is 0 Å². The van der Waals surface area contributed by atoms with Gasteiger partial charge in [0.25, 0.3) is 0 Å². The van der Waals surface area contributed by atoms with Gasteiger partial charge in [0.1, 0.15) is 13.2 Å². The first kappa shape index (κ1) is 13.2. The minimum atomic E-state index is 0.106. The Morgan fingerprint density at radius 2 is 1.89 bits per heavy atom. The second-order valence-corrected chi connectivity index (χ2v) is 5.79. The predicted molar refractivity (Wildman–Crippen MR) is 73.3 cm³/mol. The molecule has 18 heavy (non-hydrogen) atoms. The van der Waals surface area contributed by atoms with Crippen molar-refractivity contribution in [2.45, 2.75) is 32.6 Å². The number of rotatable bonds is 4. The van der Waals surface area contributed by atoms with E-state index in [0.29, 0.717) is 19.1 Å². The van der Waals surface area contributed by atoms with Gasteiger partial charge in [-0.3, -0.25) is 0 Å². The second kappa shape index (κ2) is 5.19. The molecule has 3 nitrogen and oxygen atoms in total. The molecule has 1 atom stereocenters. The third-order valence-corrected chi connectivity index (χ3v) is 3.58. The first-order valence-corrected chi connectivity index (χ1v) is 6.63. The lowest BCUT2D eigenvalue weighted by molar-refractivity contribution is 0.171. The lowest BCUT2D eigenvalue weighted by atomic mass is 9.77. The maximum absolute atomic E-state index is 5.72. The topological polar surface area (TPSA) is 44.5 Å². The molecule has 2 N–H and O–H groups in total. The Morgan fingerprint density at radius 3 is 2.56 bits per heavy atom. The number of nitrogens with two attached hydrogens (primary N) is 1. The molecule has 2 rings (SSSR count). The van der Waals surface area contributed by atoms with Crippen LogP contribution < -0.4 is 15.2 Å². The summed E-state index contributed by atoms with van der Waals surface area (Å²) in [7, 11) is 0. The van der Waals surface area contributed by atoms with Crippen LogP contribution in [0.3, 0.4) is 0 Å². The lowest BCUT2D eigenvalue weighted by Gasteiger charge is -2.29. The number of benzene rings is 1. The summed E-state index contributed by atoms with van der Waals surface area (Å²) in [6, 6.07) is 6.26. The molecule has 3 heteroatoms. The molecule has 0 saturated carbocycles. The van der Waals surface area contributed by atoms with Crippen LogP contribution in [-0.4, -0.2) is 19.8 Å². The molecular formula is C15H23NO2. The van der Waals surface area contributed by atoms with Crippen LogP contribution in [0.2, 0.25) is 0 Å². The van der Waals surface area contributed by atoms with Gasteiger partial charge in [-0.1, -0.05) is 26.8 Å². The van der Waals surface area contributed by atoms with Crippen molar-refractivity contribution in [2.75, 3.05) is 19.8 Å². The average Bonchev–Trinajstić information content (AvgIpc) is 2.37. The molecule has 0 amide bonds. The number of hydrogen-bond donors (Lipinski definition) is 1. The van der Waals surface area contributed by atoms with Gasteiger partial charge in [-0.15, -0.1) is 0 Å². The van der Waals surface area contributed by atoms with E-state index in [1.54, 1.807) is 0 Å². The molecule has 100 valence electrons. The van der Waals surface area contributed by atoms with Crippen molar-refractivity contribution < 1.29 is 9.47 Å². The van der Waals surface area contributed by atoms with E-state index in [1.807, 2.05) is 6.07 Å². The van der Waals surface area contributed by atoms with Crippen molar-refractivity contribution in [3.05, 3.63) is 23.8 Å². The first-order chi connectivity index (χ1) is 8.53. The van der Waals surface area contributed by atoms with Gasteiger partial charge in [0.15, 0.2) is 11.5 Å². The third-order valence-electron chi connectivity index (χ3n) is 3.58. The van der Waals surface area contributed by atoms with E-state index < -0.39 is 0 Å². The number of ether oxygens (including phenoxy) is 2. The zero-order chi connectivity index (χ0) is 13.2. The van der Waals surface area contributed by atoms with E-state index in [1.165, 1.54) is 5.56 Å². The van der Waals surface area contributed by atoms with Crippen LogP contribution in [0.1, 0.15) is 32.8 Å². The quantitative estimate of drug-likeness (QED) is 0.892. The Hall–Kier alpha value is -1.22. The number of fused-ring (bicyclic) bond motifs is 1. The second-order valence-electron chi connectivity index (χ2n) is 5.79. The van der Waals surface area contributed by atoms with Crippen LogP contribution >= 0.6 is 0 Å². The Morgan fingerprint density at radius 1 is 1.22 bits per heavy atom. The van der Waals surface area contributed by atoms with Crippen LogP contribution in [0.25, 0.3) is 0 Å². The fraction of sp³-hybridized carbons (Fsp3) is 0.600. The van der Waals surface area contributed by atoms with Crippen LogP contribution in [0.15, 0.2) is 18.2 Å². The summed E-state index contributed by atoms with van der Waals surface area (Å²) in [6.45, 7) is 8.71. The zero-order valence-electron chi connectivity index (χ0n) is 11.5. The standard InChI is InChI=1S/C15H23NO2/c1-11(10-16)9-15(2,3)12-4-5-13-14(8-12)18-7-6-17-13/h4-5,8,11H,6-7,9-10,16H2,1-3H3. The largest absolute Gasteiger partial charge is 0.486 e. The molecule has 0 aromatic heterocycles. The van der Waals surface area contributed by atoms with Crippen molar-refractivity contribution in [1.29, 1.82) is 0 Å². The summed E-state index contributed by atoms with van der Waals surface area (Å²) in [5.41, 5.74) is 7.11. The monoisotopic (exact) mass is 249 g/mol.